The molecule has 2 atom stereocenters. The lowest BCUT2D eigenvalue weighted by atomic mass is 10.1. The highest BCUT2D eigenvalue weighted by atomic mass is 16.4. The van der Waals surface area contributed by atoms with Crippen LogP contribution in [0.2, 0.25) is 0 Å². The first kappa shape index (κ1) is 12.9. The van der Waals surface area contributed by atoms with Crippen molar-refractivity contribution in [2.75, 3.05) is 6.61 Å². The highest BCUT2D eigenvalue weighted by Gasteiger charge is 2.21. The van der Waals surface area contributed by atoms with E-state index in [1.54, 1.807) is 0 Å². The van der Waals surface area contributed by atoms with E-state index in [-0.39, 0.29) is 0 Å². The predicted molar refractivity (Wildman–Crippen MR) is 49.5 cm³/mol. The van der Waals surface area contributed by atoms with Crippen molar-refractivity contribution < 1.29 is 19.8 Å². The van der Waals surface area contributed by atoms with E-state index < -0.39 is 30.6 Å². The van der Waals surface area contributed by atoms with E-state index in [1.165, 1.54) is 0 Å². The third-order valence-electron chi connectivity index (χ3n) is 1.73. The maximum absolute atomic E-state index is 11.2. The van der Waals surface area contributed by atoms with Gasteiger partial charge in [-0.3, -0.25) is 4.79 Å². The van der Waals surface area contributed by atoms with E-state index in [2.05, 4.69) is 5.32 Å². The number of aliphatic hydroxyl groups excluding tert-OH is 1. The van der Waals surface area contributed by atoms with Crippen molar-refractivity contribution in [3.05, 3.63) is 0 Å². The molecule has 0 spiro atoms. The fourth-order valence-electron chi connectivity index (χ4n) is 0.906. The molecular formula is C8H16N2O4. The van der Waals surface area contributed by atoms with E-state index in [1.807, 2.05) is 6.92 Å². The summed E-state index contributed by atoms with van der Waals surface area (Å²) in [4.78, 5) is 21.6. The summed E-state index contributed by atoms with van der Waals surface area (Å²) < 4.78 is 0. The van der Waals surface area contributed by atoms with Gasteiger partial charge < -0.3 is 21.3 Å². The summed E-state index contributed by atoms with van der Waals surface area (Å²) in [7, 11) is 0. The Bertz CT molecular complexity index is 208. The molecule has 0 aliphatic rings. The normalized spacial score (nSPS) is 14.5. The Kier molecular flexibility index (Phi) is 5.82. The number of nitrogens with one attached hydrogen (secondary N) is 1. The number of carboxylic acid groups (broad SMARTS) is 1. The summed E-state index contributed by atoms with van der Waals surface area (Å²) in [6, 6.07) is -1.99. The van der Waals surface area contributed by atoms with Crippen molar-refractivity contribution in [1.29, 1.82) is 0 Å². The maximum atomic E-state index is 11.2. The van der Waals surface area contributed by atoms with Gasteiger partial charge in [-0.05, 0) is 6.42 Å². The summed E-state index contributed by atoms with van der Waals surface area (Å²) in [6.07, 6.45) is 1.23. The molecule has 2 unspecified atom stereocenters. The van der Waals surface area contributed by atoms with E-state index >= 15 is 0 Å². The second-order valence-electron chi connectivity index (χ2n) is 2.98. The molecule has 82 valence electrons. The lowest BCUT2D eigenvalue weighted by Crippen LogP contribution is -2.49. The number of hydrogen-bond acceptors (Lipinski definition) is 4. The average molecular weight is 204 g/mol. The van der Waals surface area contributed by atoms with Crippen molar-refractivity contribution in [3.8, 4) is 0 Å². The molecule has 14 heavy (non-hydrogen) atoms. The van der Waals surface area contributed by atoms with Gasteiger partial charge in [-0.1, -0.05) is 13.3 Å². The van der Waals surface area contributed by atoms with Crippen molar-refractivity contribution in [2.24, 2.45) is 5.73 Å². The van der Waals surface area contributed by atoms with Gasteiger partial charge in [-0.15, -0.1) is 0 Å². The Morgan fingerprint density at radius 3 is 2.43 bits per heavy atom. The molecular weight excluding hydrogens is 188 g/mol. The Balaban J connectivity index is 4.08. The smallest absolute Gasteiger partial charge is 0.328 e. The summed E-state index contributed by atoms with van der Waals surface area (Å²) in [5, 5.41) is 19.3. The highest BCUT2D eigenvalue weighted by molar-refractivity contribution is 5.86. The van der Waals surface area contributed by atoms with Gasteiger partial charge in [0, 0.05) is 0 Å². The standard InChI is InChI=1S/C8H16N2O4/c1-2-3-5(9)7(12)10-6(4-11)8(13)14/h5-6,11H,2-4,9H2,1H3,(H,10,12)(H,13,14). The maximum Gasteiger partial charge on any atom is 0.328 e. The summed E-state index contributed by atoms with van der Waals surface area (Å²) >= 11 is 0. The summed E-state index contributed by atoms with van der Waals surface area (Å²) in [5.41, 5.74) is 5.44. The molecule has 0 aromatic rings. The third kappa shape index (κ3) is 4.20. The number of carboxylic acids is 1. The summed E-state index contributed by atoms with van der Waals surface area (Å²) in [6.45, 7) is 1.23. The van der Waals surface area contributed by atoms with Crippen molar-refractivity contribution in [2.45, 2.75) is 31.8 Å². The molecule has 0 fully saturated rings. The van der Waals surface area contributed by atoms with Gasteiger partial charge in [0.05, 0.1) is 12.6 Å². The Morgan fingerprint density at radius 1 is 1.50 bits per heavy atom. The van der Waals surface area contributed by atoms with Crippen LogP contribution in [-0.4, -0.2) is 40.8 Å². The van der Waals surface area contributed by atoms with Crippen LogP contribution in [0.5, 0.6) is 0 Å². The molecule has 0 aliphatic heterocycles. The molecule has 6 heteroatoms. The lowest BCUT2D eigenvalue weighted by molar-refractivity contribution is -0.143. The number of hydrogen-bond donors (Lipinski definition) is 4. The van der Waals surface area contributed by atoms with E-state index in [0.29, 0.717) is 6.42 Å². The van der Waals surface area contributed by atoms with Crippen LogP contribution in [0.3, 0.4) is 0 Å². The van der Waals surface area contributed by atoms with E-state index in [4.69, 9.17) is 15.9 Å². The van der Waals surface area contributed by atoms with Gasteiger partial charge in [0.25, 0.3) is 0 Å². The number of amides is 1. The fraction of sp³-hybridized carbons (Fsp3) is 0.750. The van der Waals surface area contributed by atoms with Gasteiger partial charge in [-0.2, -0.15) is 0 Å². The zero-order valence-electron chi connectivity index (χ0n) is 8.06. The molecule has 0 aliphatic carbocycles. The van der Waals surface area contributed by atoms with E-state index in [9.17, 15) is 9.59 Å². The average Bonchev–Trinajstić information content (AvgIpc) is 2.13. The minimum absolute atomic E-state index is 0.490. The number of aliphatic carboxylic acids is 1. The molecule has 1 amide bonds. The third-order valence-corrected chi connectivity index (χ3v) is 1.73. The molecule has 0 saturated heterocycles. The van der Waals surface area contributed by atoms with Gasteiger partial charge in [-0.25, -0.2) is 4.79 Å². The largest absolute Gasteiger partial charge is 0.480 e. The predicted octanol–water partition coefficient (Wildman–Crippen LogP) is -1.32. The molecule has 0 rings (SSSR count). The quantitative estimate of drug-likeness (QED) is 0.428. The fourth-order valence-corrected chi connectivity index (χ4v) is 0.906. The van der Waals surface area contributed by atoms with Gasteiger partial charge in [0.2, 0.25) is 5.91 Å². The monoisotopic (exact) mass is 204 g/mol. The van der Waals surface area contributed by atoms with Crippen LogP contribution < -0.4 is 11.1 Å². The highest BCUT2D eigenvalue weighted by Crippen LogP contribution is 1.94. The SMILES string of the molecule is CCCC(N)C(=O)NC(CO)C(=O)O. The van der Waals surface area contributed by atoms with Gasteiger partial charge in [0.1, 0.15) is 6.04 Å². The molecule has 0 saturated carbocycles. The topological polar surface area (TPSA) is 113 Å². The Labute approximate surface area is 82.1 Å². The molecule has 0 radical (unpaired) electrons. The molecule has 5 N–H and O–H groups in total. The van der Waals surface area contributed by atoms with Crippen LogP contribution in [0, 0.1) is 0 Å². The second kappa shape index (κ2) is 6.33. The van der Waals surface area contributed by atoms with Crippen LogP contribution in [0.1, 0.15) is 19.8 Å². The minimum Gasteiger partial charge on any atom is -0.480 e. The molecule has 0 aromatic heterocycles. The van der Waals surface area contributed by atoms with Gasteiger partial charge >= 0.3 is 5.97 Å². The number of carbonyl (C=O) groups is 2. The van der Waals surface area contributed by atoms with Crippen LogP contribution in [-0.2, 0) is 9.59 Å². The minimum atomic E-state index is -1.27. The number of nitrogens with two attached hydrogens (primary N) is 1. The molecule has 6 nitrogen and oxygen atoms in total. The first-order valence-electron chi connectivity index (χ1n) is 4.42. The van der Waals surface area contributed by atoms with Crippen LogP contribution in [0.25, 0.3) is 0 Å². The van der Waals surface area contributed by atoms with Gasteiger partial charge in [0.15, 0.2) is 0 Å². The van der Waals surface area contributed by atoms with Crippen molar-refractivity contribution >= 4 is 11.9 Å². The summed E-state index contributed by atoms with van der Waals surface area (Å²) in [5.74, 6) is -1.82. The Morgan fingerprint density at radius 2 is 2.07 bits per heavy atom. The Hall–Kier alpha value is -1.14. The molecule has 0 bridgehead atoms. The lowest BCUT2D eigenvalue weighted by Gasteiger charge is -2.15. The molecule has 0 aromatic carbocycles. The number of aliphatic hydroxyl groups is 1. The zero-order valence-corrected chi connectivity index (χ0v) is 8.06. The van der Waals surface area contributed by atoms with E-state index in [0.717, 1.165) is 6.42 Å². The van der Waals surface area contributed by atoms with Crippen molar-refractivity contribution in [3.63, 3.8) is 0 Å². The second-order valence-corrected chi connectivity index (χ2v) is 2.98. The zero-order chi connectivity index (χ0) is 11.1. The van der Waals surface area contributed by atoms with Crippen molar-refractivity contribution in [1.82, 2.24) is 5.32 Å². The van der Waals surface area contributed by atoms with Crippen LogP contribution in [0.15, 0.2) is 0 Å². The van der Waals surface area contributed by atoms with Crippen LogP contribution >= 0.6 is 0 Å². The molecule has 0 heterocycles. The number of carbonyl (C=O) groups excluding carboxylic acids is 1. The first-order chi connectivity index (χ1) is 6.52. The number of rotatable bonds is 6. The van der Waals surface area contributed by atoms with Crippen LogP contribution in [0.4, 0.5) is 0 Å². The first-order valence-corrected chi connectivity index (χ1v) is 4.42.